The smallest absolute Gasteiger partial charge is 0.0677 e. The second kappa shape index (κ2) is 2.39. The third kappa shape index (κ3) is 1.24. The zero-order valence-electron chi connectivity index (χ0n) is 7.32. The summed E-state index contributed by atoms with van der Waals surface area (Å²) in [5, 5.41) is 0. The van der Waals surface area contributed by atoms with Crippen LogP contribution < -0.4 is 0 Å². The van der Waals surface area contributed by atoms with E-state index in [9.17, 15) is 0 Å². The molecule has 1 aliphatic rings. The normalized spacial score (nSPS) is 25.2. The summed E-state index contributed by atoms with van der Waals surface area (Å²) in [4.78, 5) is 0. The monoisotopic (exact) mass is 140 g/mol. The third-order valence-corrected chi connectivity index (χ3v) is 2.44. The Bertz CT molecular complexity index is 166. The minimum absolute atomic E-state index is 0.266. The van der Waals surface area contributed by atoms with Crippen LogP contribution in [0.4, 0.5) is 0 Å². The lowest BCUT2D eigenvalue weighted by molar-refractivity contribution is 0.0762. The van der Waals surface area contributed by atoms with Gasteiger partial charge in [0.05, 0.1) is 13.2 Å². The van der Waals surface area contributed by atoms with Crippen molar-refractivity contribution in [3.63, 3.8) is 0 Å². The summed E-state index contributed by atoms with van der Waals surface area (Å²) in [5.74, 6) is 0. The Morgan fingerprint density at radius 3 is 2.30 bits per heavy atom. The quantitative estimate of drug-likeness (QED) is 0.469. The highest BCUT2D eigenvalue weighted by atomic mass is 16.5. The van der Waals surface area contributed by atoms with Crippen LogP contribution in [0.25, 0.3) is 0 Å². The van der Waals surface area contributed by atoms with Gasteiger partial charge in [-0.15, -0.1) is 0 Å². The fraction of sp³-hybridized carbons (Fsp3) is 0.778. The molecule has 1 nitrogen and oxygen atoms in total. The van der Waals surface area contributed by atoms with Crippen LogP contribution in [0.15, 0.2) is 11.1 Å². The molecule has 0 N–H and O–H groups in total. The zero-order valence-corrected chi connectivity index (χ0v) is 7.32. The van der Waals surface area contributed by atoms with Gasteiger partial charge >= 0.3 is 0 Å². The molecule has 0 aliphatic carbocycles. The fourth-order valence-corrected chi connectivity index (χ4v) is 1.25. The van der Waals surface area contributed by atoms with Gasteiger partial charge in [0.2, 0.25) is 0 Å². The van der Waals surface area contributed by atoms with Crippen LogP contribution in [0.2, 0.25) is 0 Å². The summed E-state index contributed by atoms with van der Waals surface area (Å²) in [5.41, 5.74) is 3.16. The molecule has 10 heavy (non-hydrogen) atoms. The highest BCUT2D eigenvalue weighted by Crippen LogP contribution is 2.32. The molecular weight excluding hydrogens is 124 g/mol. The summed E-state index contributed by atoms with van der Waals surface area (Å²) >= 11 is 0. The Labute approximate surface area is 63.1 Å². The first-order chi connectivity index (χ1) is 4.54. The zero-order chi connectivity index (χ0) is 7.78. The molecule has 0 unspecified atom stereocenters. The molecule has 58 valence electrons. The summed E-state index contributed by atoms with van der Waals surface area (Å²) < 4.78 is 5.41. The van der Waals surface area contributed by atoms with Crippen molar-refractivity contribution in [1.29, 1.82) is 0 Å². The Morgan fingerprint density at radius 2 is 1.90 bits per heavy atom. The Hall–Kier alpha value is -0.300. The summed E-state index contributed by atoms with van der Waals surface area (Å²) in [6.45, 7) is 10.5. The van der Waals surface area contributed by atoms with Gasteiger partial charge in [-0.1, -0.05) is 19.4 Å². The van der Waals surface area contributed by atoms with Gasteiger partial charge in [-0.25, -0.2) is 0 Å². The first kappa shape index (κ1) is 7.80. The van der Waals surface area contributed by atoms with Gasteiger partial charge in [0.25, 0.3) is 0 Å². The molecule has 1 rings (SSSR count). The van der Waals surface area contributed by atoms with Crippen LogP contribution in [-0.2, 0) is 4.74 Å². The van der Waals surface area contributed by atoms with E-state index >= 15 is 0 Å². The van der Waals surface area contributed by atoms with E-state index in [4.69, 9.17) is 4.74 Å². The molecule has 0 radical (unpaired) electrons. The molecule has 0 bridgehead atoms. The van der Waals surface area contributed by atoms with E-state index in [1.54, 1.807) is 0 Å². The van der Waals surface area contributed by atoms with E-state index in [0.717, 1.165) is 13.2 Å². The van der Waals surface area contributed by atoms with Crippen molar-refractivity contribution in [1.82, 2.24) is 0 Å². The maximum absolute atomic E-state index is 5.41. The van der Waals surface area contributed by atoms with Crippen molar-refractivity contribution >= 4 is 0 Å². The lowest BCUT2D eigenvalue weighted by Gasteiger charge is -2.32. The number of rotatable bonds is 0. The van der Waals surface area contributed by atoms with Gasteiger partial charge in [0.15, 0.2) is 0 Å². The van der Waals surface area contributed by atoms with Crippen LogP contribution in [-0.4, -0.2) is 13.2 Å². The van der Waals surface area contributed by atoms with Gasteiger partial charge in [0, 0.05) is 5.41 Å². The van der Waals surface area contributed by atoms with Crippen molar-refractivity contribution in [2.45, 2.75) is 27.7 Å². The van der Waals surface area contributed by atoms with Crippen LogP contribution in [0.1, 0.15) is 27.7 Å². The van der Waals surface area contributed by atoms with Crippen molar-refractivity contribution in [2.24, 2.45) is 5.41 Å². The molecule has 0 aromatic heterocycles. The first-order valence-electron chi connectivity index (χ1n) is 3.78. The molecule has 0 atom stereocenters. The lowest BCUT2D eigenvalue weighted by Crippen LogP contribution is -2.27. The minimum Gasteiger partial charge on any atom is -0.376 e. The lowest BCUT2D eigenvalue weighted by atomic mass is 9.82. The Balaban J connectivity index is 2.89. The van der Waals surface area contributed by atoms with E-state index in [1.165, 1.54) is 11.1 Å². The van der Waals surface area contributed by atoms with Crippen LogP contribution in [0, 0.1) is 5.41 Å². The Kier molecular flexibility index (Phi) is 1.86. The van der Waals surface area contributed by atoms with Crippen molar-refractivity contribution < 1.29 is 4.74 Å². The average Bonchev–Trinajstić information content (AvgIpc) is 1.83. The topological polar surface area (TPSA) is 9.23 Å². The average molecular weight is 140 g/mol. The molecule has 0 fully saturated rings. The van der Waals surface area contributed by atoms with Crippen LogP contribution in [0.3, 0.4) is 0 Å². The number of hydrogen-bond donors (Lipinski definition) is 0. The highest BCUT2D eigenvalue weighted by Gasteiger charge is 2.25. The molecule has 0 amide bonds. The van der Waals surface area contributed by atoms with Crippen molar-refractivity contribution in [2.75, 3.05) is 13.2 Å². The molecular formula is C9H16O. The van der Waals surface area contributed by atoms with Gasteiger partial charge in [-0.05, 0) is 19.4 Å². The molecule has 0 spiro atoms. The summed E-state index contributed by atoms with van der Waals surface area (Å²) in [6.07, 6.45) is 0. The Morgan fingerprint density at radius 1 is 1.30 bits per heavy atom. The molecule has 1 aliphatic heterocycles. The standard InChI is InChI=1S/C9H16O/c1-7-5-10-6-9(3,4)8(7)2/h5-6H2,1-4H3. The van der Waals surface area contributed by atoms with Gasteiger partial charge < -0.3 is 4.74 Å². The van der Waals surface area contributed by atoms with Gasteiger partial charge in [0.1, 0.15) is 0 Å². The van der Waals surface area contributed by atoms with Gasteiger partial charge in [-0.3, -0.25) is 0 Å². The molecule has 1 heterocycles. The molecule has 1 heteroatoms. The third-order valence-electron chi connectivity index (χ3n) is 2.44. The molecule has 0 aromatic carbocycles. The predicted octanol–water partition coefficient (Wildman–Crippen LogP) is 2.38. The second-order valence-electron chi connectivity index (χ2n) is 3.78. The second-order valence-corrected chi connectivity index (χ2v) is 3.78. The number of hydrogen-bond acceptors (Lipinski definition) is 1. The SMILES string of the molecule is CC1=C(C)C(C)(C)COC1. The largest absolute Gasteiger partial charge is 0.376 e. The molecule has 0 aromatic rings. The highest BCUT2D eigenvalue weighted by molar-refractivity contribution is 5.19. The van der Waals surface area contributed by atoms with Gasteiger partial charge in [-0.2, -0.15) is 0 Å². The maximum atomic E-state index is 5.41. The van der Waals surface area contributed by atoms with E-state index in [-0.39, 0.29) is 5.41 Å². The first-order valence-corrected chi connectivity index (χ1v) is 3.78. The van der Waals surface area contributed by atoms with Crippen molar-refractivity contribution in [3.8, 4) is 0 Å². The minimum atomic E-state index is 0.266. The maximum Gasteiger partial charge on any atom is 0.0677 e. The fourth-order valence-electron chi connectivity index (χ4n) is 1.25. The summed E-state index contributed by atoms with van der Waals surface area (Å²) in [6, 6.07) is 0. The van der Waals surface area contributed by atoms with E-state index < -0.39 is 0 Å². The van der Waals surface area contributed by atoms with E-state index in [1.807, 2.05) is 0 Å². The van der Waals surface area contributed by atoms with E-state index in [0.29, 0.717) is 0 Å². The summed E-state index contributed by atoms with van der Waals surface area (Å²) in [7, 11) is 0. The predicted molar refractivity (Wildman–Crippen MR) is 43.0 cm³/mol. The van der Waals surface area contributed by atoms with Crippen LogP contribution >= 0.6 is 0 Å². The molecule has 0 saturated heterocycles. The molecule has 0 saturated carbocycles. The van der Waals surface area contributed by atoms with Crippen molar-refractivity contribution in [3.05, 3.63) is 11.1 Å². The number of ether oxygens (including phenoxy) is 1. The van der Waals surface area contributed by atoms with E-state index in [2.05, 4.69) is 27.7 Å². The van der Waals surface area contributed by atoms with Crippen LogP contribution in [0.5, 0.6) is 0 Å².